The third-order valence-corrected chi connectivity index (χ3v) is 14.6. The van der Waals surface area contributed by atoms with E-state index in [4.69, 9.17) is 0 Å². The number of nitrogens with zero attached hydrogens (tertiary/aromatic N) is 2. The highest BCUT2D eigenvalue weighted by Gasteiger charge is 2.35. The van der Waals surface area contributed by atoms with Gasteiger partial charge in [0.05, 0.1) is 17.1 Å². The molecule has 12 aromatic carbocycles. The molecule has 0 radical (unpaired) electrons. The molecule has 0 atom stereocenters. The summed E-state index contributed by atoms with van der Waals surface area (Å²) < 4.78 is 0. The van der Waals surface area contributed by atoms with E-state index in [9.17, 15) is 0 Å². The van der Waals surface area contributed by atoms with E-state index in [1.807, 2.05) is 0 Å². The van der Waals surface area contributed by atoms with Crippen molar-refractivity contribution < 1.29 is 0 Å². The molecule has 2 heteroatoms. The van der Waals surface area contributed by atoms with Crippen LogP contribution in [0.2, 0.25) is 0 Å². The Labute approximate surface area is 403 Å². The lowest BCUT2D eigenvalue weighted by Gasteiger charge is -2.37. The van der Waals surface area contributed by atoms with E-state index in [1.54, 1.807) is 0 Å². The van der Waals surface area contributed by atoms with Gasteiger partial charge in [0.2, 0.25) is 0 Å². The second kappa shape index (κ2) is 16.3. The molecule has 1 aliphatic rings. The van der Waals surface area contributed by atoms with Gasteiger partial charge < -0.3 is 9.80 Å². The second-order valence-electron chi connectivity index (χ2n) is 18.9. The molecule has 2 nitrogen and oxygen atoms in total. The van der Waals surface area contributed by atoms with Gasteiger partial charge in [0.15, 0.2) is 0 Å². The van der Waals surface area contributed by atoms with E-state index in [1.165, 1.54) is 87.6 Å². The van der Waals surface area contributed by atoms with Crippen LogP contribution in [-0.2, 0) is 5.41 Å². The van der Waals surface area contributed by atoms with Gasteiger partial charge >= 0.3 is 0 Å². The summed E-state index contributed by atoms with van der Waals surface area (Å²) in [5, 5.41) is 9.93. The van der Waals surface area contributed by atoms with E-state index in [0.717, 1.165) is 34.1 Å². The first-order valence-electron chi connectivity index (χ1n) is 24.0. The molecular weight excluding hydrogens is 833 g/mol. The number of anilines is 6. The largest absolute Gasteiger partial charge is 0.310 e. The van der Waals surface area contributed by atoms with Gasteiger partial charge in [-0.3, -0.25) is 0 Å². The topological polar surface area (TPSA) is 6.48 Å². The summed E-state index contributed by atoms with van der Waals surface area (Å²) >= 11 is 0. The Balaban J connectivity index is 1.00. The highest BCUT2D eigenvalue weighted by atomic mass is 15.2. The smallest absolute Gasteiger partial charge is 0.0540 e. The first-order valence-corrected chi connectivity index (χ1v) is 24.0. The van der Waals surface area contributed by atoms with Gasteiger partial charge in [0.1, 0.15) is 0 Å². The van der Waals surface area contributed by atoms with Gasteiger partial charge in [0, 0.05) is 39.0 Å². The molecule has 0 aromatic heterocycles. The van der Waals surface area contributed by atoms with Crippen molar-refractivity contribution in [3.8, 4) is 33.4 Å². The highest BCUT2D eigenvalue weighted by molar-refractivity contribution is 6.18. The van der Waals surface area contributed by atoms with Crippen molar-refractivity contribution in [3.05, 3.63) is 266 Å². The van der Waals surface area contributed by atoms with E-state index in [2.05, 4.69) is 278 Å². The summed E-state index contributed by atoms with van der Waals surface area (Å²) in [4.78, 5) is 4.93. The first kappa shape index (κ1) is 40.5. The summed E-state index contributed by atoms with van der Waals surface area (Å²) in [5.74, 6) is 0. The van der Waals surface area contributed by atoms with Crippen molar-refractivity contribution >= 4 is 77.2 Å². The predicted molar refractivity (Wildman–Crippen MR) is 294 cm³/mol. The number of para-hydroxylation sites is 2. The fraction of sp³-hybridized carbons (Fsp3) is 0.0448. The molecule has 69 heavy (non-hydrogen) atoms. The van der Waals surface area contributed by atoms with Crippen LogP contribution < -0.4 is 9.80 Å². The zero-order chi connectivity index (χ0) is 46.1. The van der Waals surface area contributed by atoms with Crippen LogP contribution >= 0.6 is 0 Å². The summed E-state index contributed by atoms with van der Waals surface area (Å²) in [6.45, 7) is 4.82. The number of benzene rings is 12. The molecule has 12 aromatic rings. The molecule has 326 valence electrons. The van der Waals surface area contributed by atoms with Crippen molar-refractivity contribution in [1.29, 1.82) is 0 Å². The molecule has 0 heterocycles. The molecule has 0 saturated heterocycles. The average Bonchev–Trinajstić information content (AvgIpc) is 3.41. The molecule has 0 unspecified atom stereocenters. The Morgan fingerprint density at radius 2 is 0.797 bits per heavy atom. The maximum atomic E-state index is 2.47. The Morgan fingerprint density at radius 1 is 0.275 bits per heavy atom. The van der Waals surface area contributed by atoms with Crippen LogP contribution in [-0.4, -0.2) is 0 Å². The Kier molecular flexibility index (Phi) is 9.55. The number of hydrogen-bond acceptors (Lipinski definition) is 2. The summed E-state index contributed by atoms with van der Waals surface area (Å²) in [5.41, 5.74) is 16.5. The highest BCUT2D eigenvalue weighted by Crippen LogP contribution is 2.53. The Morgan fingerprint density at radius 3 is 1.54 bits per heavy atom. The van der Waals surface area contributed by atoms with Crippen LogP contribution in [0.3, 0.4) is 0 Å². The molecule has 0 saturated carbocycles. The molecule has 13 rings (SSSR count). The van der Waals surface area contributed by atoms with Crippen molar-refractivity contribution in [3.63, 3.8) is 0 Å². The van der Waals surface area contributed by atoms with Crippen LogP contribution in [0.15, 0.2) is 255 Å². The van der Waals surface area contributed by atoms with Gasteiger partial charge in [-0.2, -0.15) is 0 Å². The molecule has 0 N–H and O–H groups in total. The van der Waals surface area contributed by atoms with Crippen molar-refractivity contribution in [1.82, 2.24) is 0 Å². The Bertz CT molecular complexity index is 3940. The average molecular weight is 881 g/mol. The fourth-order valence-corrected chi connectivity index (χ4v) is 11.3. The predicted octanol–water partition coefficient (Wildman–Crippen LogP) is 18.9. The molecule has 0 amide bonds. The molecule has 0 fully saturated rings. The SMILES string of the molecule is CC1(C)c2cc(N(c3ccc4ccccc4c3)c3ccccc3-c3ccccc3)ccc2-c2cc3ccc(N(c4ccccc4-c4ccccc4)c4cccc5ccccc45)cc3c3cccc1c23. The van der Waals surface area contributed by atoms with Crippen molar-refractivity contribution in [2.75, 3.05) is 9.80 Å². The van der Waals surface area contributed by atoms with Crippen LogP contribution in [0.4, 0.5) is 34.1 Å². The van der Waals surface area contributed by atoms with Crippen molar-refractivity contribution in [2.45, 2.75) is 19.3 Å². The maximum absolute atomic E-state index is 2.47. The fourth-order valence-electron chi connectivity index (χ4n) is 11.3. The lowest BCUT2D eigenvalue weighted by atomic mass is 9.68. The first-order chi connectivity index (χ1) is 34.0. The van der Waals surface area contributed by atoms with Crippen LogP contribution in [0.1, 0.15) is 25.0 Å². The second-order valence-corrected chi connectivity index (χ2v) is 18.9. The monoisotopic (exact) mass is 880 g/mol. The maximum Gasteiger partial charge on any atom is 0.0540 e. The quantitative estimate of drug-likeness (QED) is 0.140. The van der Waals surface area contributed by atoms with E-state index < -0.39 is 0 Å². The summed E-state index contributed by atoms with van der Waals surface area (Å²) in [7, 11) is 0. The van der Waals surface area contributed by atoms with E-state index >= 15 is 0 Å². The van der Waals surface area contributed by atoms with Crippen LogP contribution in [0.5, 0.6) is 0 Å². The molecule has 1 aliphatic carbocycles. The number of hydrogen-bond donors (Lipinski definition) is 0. The summed E-state index contributed by atoms with van der Waals surface area (Å²) in [6, 6.07) is 93.8. The number of fused-ring (bicyclic) bond motifs is 6. The lowest BCUT2D eigenvalue weighted by Crippen LogP contribution is -2.24. The third-order valence-electron chi connectivity index (χ3n) is 14.6. The van der Waals surface area contributed by atoms with Crippen molar-refractivity contribution in [2.24, 2.45) is 0 Å². The minimum atomic E-state index is -0.305. The zero-order valence-electron chi connectivity index (χ0n) is 38.6. The standard InChI is InChI=1S/C67H48N2/c1-67(2)61-31-18-30-58-59-43-52(69(65-34-17-26-48-24-11-12-27-56(48)65)64-33-16-14-29-55(64)47-22-7-4-8-23-47)38-36-50(59)42-60(66(58)61)57-40-39-53(44-62(57)67)68(51-37-35-45-19-9-10-25-49(45)41-51)63-32-15-13-28-54(63)46-20-5-3-6-21-46/h3-44H,1-2H3. The molecule has 0 aliphatic heterocycles. The lowest BCUT2D eigenvalue weighted by molar-refractivity contribution is 0.645. The minimum Gasteiger partial charge on any atom is -0.310 e. The van der Waals surface area contributed by atoms with Crippen LogP contribution in [0.25, 0.3) is 76.5 Å². The van der Waals surface area contributed by atoms with Gasteiger partial charge in [-0.15, -0.1) is 0 Å². The van der Waals surface area contributed by atoms with Gasteiger partial charge in [-0.1, -0.05) is 208 Å². The van der Waals surface area contributed by atoms with E-state index in [-0.39, 0.29) is 5.41 Å². The summed E-state index contributed by atoms with van der Waals surface area (Å²) in [6.07, 6.45) is 0. The molecular formula is C67H48N2. The number of rotatable bonds is 8. The zero-order valence-corrected chi connectivity index (χ0v) is 38.6. The van der Waals surface area contributed by atoms with Gasteiger partial charge in [0.25, 0.3) is 0 Å². The Hall–Kier alpha value is -8.72. The van der Waals surface area contributed by atoms with Gasteiger partial charge in [-0.25, -0.2) is 0 Å². The third kappa shape index (κ3) is 6.71. The van der Waals surface area contributed by atoms with Crippen LogP contribution in [0, 0.1) is 0 Å². The van der Waals surface area contributed by atoms with E-state index in [0.29, 0.717) is 0 Å². The van der Waals surface area contributed by atoms with Gasteiger partial charge in [-0.05, 0) is 132 Å². The molecule has 0 spiro atoms. The normalized spacial score (nSPS) is 12.6. The molecule has 0 bridgehead atoms. The minimum absolute atomic E-state index is 0.305.